The largest absolute Gasteiger partial charge is 0.353 e. The zero-order chi connectivity index (χ0) is 20.7. The van der Waals surface area contributed by atoms with Crippen molar-refractivity contribution in [3.8, 4) is 0 Å². The first kappa shape index (κ1) is 22.1. The van der Waals surface area contributed by atoms with Crippen molar-refractivity contribution < 1.29 is 8.42 Å². The minimum atomic E-state index is -3.78. The van der Waals surface area contributed by atoms with Crippen LogP contribution in [0.3, 0.4) is 0 Å². The van der Waals surface area contributed by atoms with Gasteiger partial charge in [-0.3, -0.25) is 0 Å². The van der Waals surface area contributed by atoms with Gasteiger partial charge in [0.05, 0.1) is 11.4 Å². The van der Waals surface area contributed by atoms with E-state index < -0.39 is 10.0 Å². The van der Waals surface area contributed by atoms with Crippen LogP contribution < -0.4 is 5.32 Å². The van der Waals surface area contributed by atoms with Gasteiger partial charge in [0.1, 0.15) is 5.84 Å². The number of nitrogens with zero attached hydrogens (tertiary/aromatic N) is 2. The summed E-state index contributed by atoms with van der Waals surface area (Å²) in [6.07, 6.45) is 0. The van der Waals surface area contributed by atoms with Crippen LogP contribution in [-0.2, 0) is 16.6 Å². The maximum atomic E-state index is 12.9. The number of sulfonamides is 1. The van der Waals surface area contributed by atoms with Crippen molar-refractivity contribution in [3.63, 3.8) is 0 Å². The molecule has 0 saturated heterocycles. The van der Waals surface area contributed by atoms with Gasteiger partial charge in [0.25, 0.3) is 10.0 Å². The third-order valence-electron chi connectivity index (χ3n) is 4.41. The molecule has 0 unspecified atom stereocenters. The fraction of sp³-hybridized carbons (Fsp3) is 0.409. The highest BCUT2D eigenvalue weighted by atomic mass is 32.2. The number of benzene rings is 2. The van der Waals surface area contributed by atoms with Crippen molar-refractivity contribution in [2.24, 2.45) is 4.40 Å². The summed E-state index contributed by atoms with van der Waals surface area (Å²) in [6.45, 7) is 11.1. The van der Waals surface area contributed by atoms with E-state index in [4.69, 9.17) is 0 Å². The first-order chi connectivity index (χ1) is 13.2. The van der Waals surface area contributed by atoms with Crippen molar-refractivity contribution in [2.75, 3.05) is 6.54 Å². The Morgan fingerprint density at radius 1 is 0.964 bits per heavy atom. The molecule has 6 heteroatoms. The van der Waals surface area contributed by atoms with Crippen LogP contribution in [0.4, 0.5) is 0 Å². The molecule has 0 fully saturated rings. The van der Waals surface area contributed by atoms with Crippen LogP contribution >= 0.6 is 0 Å². The molecular formula is C22H31N3O2S. The number of hydrogen-bond acceptors (Lipinski definition) is 3. The Morgan fingerprint density at radius 2 is 1.54 bits per heavy atom. The molecule has 2 aromatic rings. The topological polar surface area (TPSA) is 61.8 Å². The Morgan fingerprint density at radius 3 is 2.07 bits per heavy atom. The van der Waals surface area contributed by atoms with E-state index in [1.54, 1.807) is 24.3 Å². The molecule has 0 radical (unpaired) electrons. The predicted octanol–water partition coefficient (Wildman–Crippen LogP) is 3.99. The summed E-state index contributed by atoms with van der Waals surface area (Å²) in [6, 6.07) is 17.1. The minimum absolute atomic E-state index is 0.130. The number of amidine groups is 1. The molecule has 5 nitrogen and oxygen atoms in total. The molecule has 152 valence electrons. The van der Waals surface area contributed by atoms with Crippen LogP contribution in [0.15, 0.2) is 63.9 Å². The lowest BCUT2D eigenvalue weighted by molar-refractivity contribution is 0.287. The highest BCUT2D eigenvalue weighted by molar-refractivity contribution is 7.90. The average Bonchev–Trinajstić information content (AvgIpc) is 2.62. The fourth-order valence-electron chi connectivity index (χ4n) is 3.18. The summed E-state index contributed by atoms with van der Waals surface area (Å²) in [5.41, 5.74) is 2.16. The van der Waals surface area contributed by atoms with Crippen molar-refractivity contribution in [1.29, 1.82) is 0 Å². The third kappa shape index (κ3) is 6.17. The van der Waals surface area contributed by atoms with E-state index in [9.17, 15) is 8.42 Å². The minimum Gasteiger partial charge on any atom is -0.353 e. The number of aryl methyl sites for hydroxylation is 1. The lowest BCUT2D eigenvalue weighted by Crippen LogP contribution is -2.46. The summed E-state index contributed by atoms with van der Waals surface area (Å²) in [4.78, 5) is 2.26. The summed E-state index contributed by atoms with van der Waals surface area (Å²) >= 11 is 0. The zero-order valence-electron chi connectivity index (χ0n) is 17.4. The van der Waals surface area contributed by atoms with E-state index in [0.717, 1.165) is 11.1 Å². The van der Waals surface area contributed by atoms with Gasteiger partial charge in [0.15, 0.2) is 0 Å². The summed E-state index contributed by atoms with van der Waals surface area (Å²) in [5, 5.41) is 3.34. The van der Waals surface area contributed by atoms with E-state index in [1.165, 1.54) is 0 Å². The maximum absolute atomic E-state index is 12.9. The molecule has 0 aliphatic carbocycles. The van der Waals surface area contributed by atoms with Crippen molar-refractivity contribution in [1.82, 2.24) is 10.2 Å². The van der Waals surface area contributed by atoms with E-state index in [1.807, 2.05) is 69.9 Å². The first-order valence-corrected chi connectivity index (χ1v) is 11.1. The second-order valence-corrected chi connectivity index (χ2v) is 9.08. The quantitative estimate of drug-likeness (QED) is 0.537. The van der Waals surface area contributed by atoms with E-state index in [0.29, 0.717) is 18.9 Å². The normalized spacial score (nSPS) is 12.6. The van der Waals surface area contributed by atoms with Gasteiger partial charge in [-0.2, -0.15) is 8.42 Å². The lowest BCUT2D eigenvalue weighted by atomic mass is 10.2. The molecule has 0 aliphatic heterocycles. The smallest absolute Gasteiger partial charge is 0.283 e. The highest BCUT2D eigenvalue weighted by Gasteiger charge is 2.22. The van der Waals surface area contributed by atoms with Crippen LogP contribution in [0.25, 0.3) is 0 Å². The number of hydrogen-bond donors (Lipinski definition) is 1. The Bertz CT molecular complexity index is 866. The SMILES string of the molecule is Cc1ccc(S(=O)(=O)/N=C(\CNCc2ccccc2)N(C(C)C)C(C)C)cc1. The Kier molecular flexibility index (Phi) is 7.78. The fourth-order valence-corrected chi connectivity index (χ4v) is 4.20. The summed E-state index contributed by atoms with van der Waals surface area (Å²) in [7, 11) is -3.78. The zero-order valence-corrected chi connectivity index (χ0v) is 18.2. The monoisotopic (exact) mass is 401 g/mol. The van der Waals surface area contributed by atoms with Crippen LogP contribution in [0.5, 0.6) is 0 Å². The third-order valence-corrected chi connectivity index (χ3v) is 5.73. The lowest BCUT2D eigenvalue weighted by Gasteiger charge is -2.34. The van der Waals surface area contributed by atoms with Gasteiger partial charge in [-0.1, -0.05) is 48.0 Å². The molecule has 0 aliphatic rings. The molecule has 0 saturated carbocycles. The Labute approximate surface area is 169 Å². The molecule has 0 amide bonds. The first-order valence-electron chi connectivity index (χ1n) is 9.64. The molecule has 2 aromatic carbocycles. The second kappa shape index (κ2) is 9.85. The summed E-state index contributed by atoms with van der Waals surface area (Å²) < 4.78 is 30.0. The van der Waals surface area contributed by atoms with Gasteiger partial charge < -0.3 is 10.2 Å². The van der Waals surface area contributed by atoms with Crippen LogP contribution in [0.2, 0.25) is 0 Å². The molecule has 0 bridgehead atoms. The van der Waals surface area contributed by atoms with Gasteiger partial charge in [-0.25, -0.2) is 0 Å². The van der Waals surface area contributed by atoms with E-state index in [2.05, 4.69) is 9.71 Å². The van der Waals surface area contributed by atoms with Gasteiger partial charge in [0.2, 0.25) is 0 Å². The molecule has 0 spiro atoms. The standard InChI is InChI=1S/C22H31N3O2S/c1-17(2)25(18(3)4)22(16-23-15-20-9-7-6-8-10-20)24-28(26,27)21-13-11-19(5)12-14-21/h6-14,17-18,23H,15-16H2,1-5H3/b24-22+. The van der Waals surface area contributed by atoms with Crippen LogP contribution in [0.1, 0.15) is 38.8 Å². The maximum Gasteiger partial charge on any atom is 0.283 e. The van der Waals surface area contributed by atoms with Gasteiger partial charge in [-0.05, 0) is 52.3 Å². The van der Waals surface area contributed by atoms with Gasteiger partial charge >= 0.3 is 0 Å². The van der Waals surface area contributed by atoms with Gasteiger partial charge in [0, 0.05) is 18.6 Å². The number of nitrogens with one attached hydrogen (secondary N) is 1. The molecule has 1 N–H and O–H groups in total. The van der Waals surface area contributed by atoms with Crippen molar-refractivity contribution in [2.45, 2.75) is 58.1 Å². The Balaban J connectivity index is 2.30. The molecule has 0 heterocycles. The van der Waals surface area contributed by atoms with Gasteiger partial charge in [-0.15, -0.1) is 4.40 Å². The van der Waals surface area contributed by atoms with Crippen molar-refractivity contribution in [3.05, 3.63) is 65.7 Å². The Hall–Kier alpha value is -2.18. The average molecular weight is 402 g/mol. The molecule has 0 atom stereocenters. The van der Waals surface area contributed by atoms with E-state index >= 15 is 0 Å². The molecule has 0 aromatic heterocycles. The molecule has 2 rings (SSSR count). The summed E-state index contributed by atoms with van der Waals surface area (Å²) in [5.74, 6) is 0.529. The second-order valence-electron chi connectivity index (χ2n) is 7.48. The number of rotatable bonds is 8. The highest BCUT2D eigenvalue weighted by Crippen LogP contribution is 2.16. The molecule has 28 heavy (non-hydrogen) atoms. The van der Waals surface area contributed by atoms with E-state index in [-0.39, 0.29) is 17.0 Å². The van der Waals surface area contributed by atoms with Crippen LogP contribution in [0, 0.1) is 6.92 Å². The van der Waals surface area contributed by atoms with Crippen molar-refractivity contribution >= 4 is 15.9 Å². The van der Waals surface area contributed by atoms with Crippen LogP contribution in [-0.4, -0.2) is 37.8 Å². The molecular weight excluding hydrogens is 370 g/mol. The predicted molar refractivity (Wildman–Crippen MR) is 116 cm³/mol.